The molecule has 1 aromatic rings. The van der Waals surface area contributed by atoms with E-state index in [4.69, 9.17) is 5.73 Å². The van der Waals surface area contributed by atoms with Crippen molar-refractivity contribution in [3.05, 3.63) is 59.7 Å². The fourth-order valence-corrected chi connectivity index (χ4v) is 4.40. The lowest BCUT2D eigenvalue weighted by atomic mass is 9.88. The van der Waals surface area contributed by atoms with Gasteiger partial charge in [-0.25, -0.2) is 4.79 Å². The zero-order chi connectivity index (χ0) is 18.8. The quantitative estimate of drug-likeness (QED) is 0.743. The molecule has 2 aliphatic carbocycles. The molecule has 6 nitrogen and oxygen atoms in total. The Bertz CT molecular complexity index is 766. The minimum Gasteiger partial charge on any atom is -0.366 e. The third-order valence-corrected chi connectivity index (χ3v) is 5.86. The summed E-state index contributed by atoms with van der Waals surface area (Å²) >= 11 is 0. The van der Waals surface area contributed by atoms with Gasteiger partial charge in [0.15, 0.2) is 0 Å². The lowest BCUT2D eigenvalue weighted by molar-refractivity contribution is -0.114. The van der Waals surface area contributed by atoms with Crippen molar-refractivity contribution in [1.29, 1.82) is 0 Å². The number of carbonyl (C=O) groups excluding carboxylic acids is 2. The zero-order valence-corrected chi connectivity index (χ0v) is 15.3. The standard InChI is InChI=1S/C21H26N4O2/c22-20(26)15-6-11-19-18(12-15)24-21(27)25(19)17-9-7-16(8-10-17)23-13-14-4-2-1-3-5-14/h1-6,11-12,16-19,23H,7-10,13H2,(H2,22,26)(H,24,27). The maximum atomic E-state index is 12.5. The number of hydrogen-bond donors (Lipinski definition) is 3. The molecule has 1 aromatic carbocycles. The average Bonchev–Trinajstić information content (AvgIpc) is 3.02. The summed E-state index contributed by atoms with van der Waals surface area (Å²) in [5.74, 6) is -0.456. The first-order chi connectivity index (χ1) is 13.1. The Morgan fingerprint density at radius 3 is 2.63 bits per heavy atom. The minimum atomic E-state index is -0.456. The van der Waals surface area contributed by atoms with Crippen molar-refractivity contribution in [2.24, 2.45) is 5.73 Å². The first-order valence-electron chi connectivity index (χ1n) is 9.68. The van der Waals surface area contributed by atoms with Gasteiger partial charge >= 0.3 is 6.03 Å². The lowest BCUT2D eigenvalue weighted by Gasteiger charge is -2.37. The number of fused-ring (bicyclic) bond motifs is 1. The van der Waals surface area contributed by atoms with E-state index < -0.39 is 5.91 Å². The van der Waals surface area contributed by atoms with Crippen molar-refractivity contribution >= 4 is 11.9 Å². The predicted octanol–water partition coefficient (Wildman–Crippen LogP) is 1.83. The Hall–Kier alpha value is -2.60. The van der Waals surface area contributed by atoms with Crippen LogP contribution in [0.25, 0.3) is 0 Å². The highest BCUT2D eigenvalue weighted by molar-refractivity contribution is 5.95. The van der Waals surface area contributed by atoms with Crippen molar-refractivity contribution in [2.45, 2.75) is 56.4 Å². The van der Waals surface area contributed by atoms with Crippen molar-refractivity contribution < 1.29 is 9.59 Å². The van der Waals surface area contributed by atoms with Crippen LogP contribution < -0.4 is 16.4 Å². The fourth-order valence-electron chi connectivity index (χ4n) is 4.40. The fraction of sp³-hybridized carbons (Fsp3) is 0.429. The number of nitrogens with one attached hydrogen (secondary N) is 2. The molecule has 6 heteroatoms. The van der Waals surface area contributed by atoms with E-state index in [1.165, 1.54) is 5.56 Å². The summed E-state index contributed by atoms with van der Waals surface area (Å²) in [6.07, 6.45) is 9.55. The number of urea groups is 1. The van der Waals surface area contributed by atoms with Crippen LogP contribution in [-0.2, 0) is 11.3 Å². The maximum Gasteiger partial charge on any atom is 0.318 e. The van der Waals surface area contributed by atoms with Gasteiger partial charge in [-0.15, -0.1) is 0 Å². The molecular formula is C21H26N4O2. The van der Waals surface area contributed by atoms with E-state index >= 15 is 0 Å². The van der Waals surface area contributed by atoms with E-state index in [0.717, 1.165) is 32.2 Å². The smallest absolute Gasteiger partial charge is 0.318 e. The molecule has 2 atom stereocenters. The van der Waals surface area contributed by atoms with Crippen LogP contribution in [-0.4, -0.2) is 41.0 Å². The summed E-state index contributed by atoms with van der Waals surface area (Å²) in [6, 6.07) is 10.9. The molecule has 27 heavy (non-hydrogen) atoms. The van der Waals surface area contributed by atoms with Crippen molar-refractivity contribution in [3.63, 3.8) is 0 Å². The molecule has 1 aliphatic heterocycles. The topological polar surface area (TPSA) is 87.5 Å². The maximum absolute atomic E-state index is 12.5. The van der Waals surface area contributed by atoms with Gasteiger partial charge in [0.2, 0.25) is 5.91 Å². The molecule has 0 spiro atoms. The summed E-state index contributed by atoms with van der Waals surface area (Å²) in [5.41, 5.74) is 7.12. The molecule has 4 N–H and O–H groups in total. The van der Waals surface area contributed by atoms with Gasteiger partial charge in [-0.2, -0.15) is 0 Å². The SMILES string of the molecule is NC(=O)C1=CC2NC(=O)N(C3CCC(NCc4ccccc4)CC3)C2C=C1. The highest BCUT2D eigenvalue weighted by Crippen LogP contribution is 2.31. The van der Waals surface area contributed by atoms with Gasteiger partial charge < -0.3 is 21.3 Å². The summed E-state index contributed by atoms with van der Waals surface area (Å²) in [5, 5.41) is 6.62. The molecular weight excluding hydrogens is 340 g/mol. The number of carbonyl (C=O) groups is 2. The van der Waals surface area contributed by atoms with E-state index in [0.29, 0.717) is 11.6 Å². The van der Waals surface area contributed by atoms with Gasteiger partial charge in [0.1, 0.15) is 0 Å². The molecule has 3 aliphatic rings. The molecule has 3 amide bonds. The Morgan fingerprint density at radius 1 is 1.19 bits per heavy atom. The van der Waals surface area contributed by atoms with Crippen LogP contribution in [0.3, 0.4) is 0 Å². The summed E-state index contributed by atoms with van der Waals surface area (Å²) < 4.78 is 0. The molecule has 0 aromatic heterocycles. The normalized spacial score (nSPS) is 29.9. The predicted molar refractivity (Wildman–Crippen MR) is 104 cm³/mol. The first-order valence-corrected chi connectivity index (χ1v) is 9.68. The van der Waals surface area contributed by atoms with Crippen molar-refractivity contribution in [2.75, 3.05) is 0 Å². The van der Waals surface area contributed by atoms with E-state index in [1.807, 2.05) is 17.0 Å². The highest BCUT2D eigenvalue weighted by atomic mass is 16.2. The van der Waals surface area contributed by atoms with Crippen LogP contribution in [0.15, 0.2) is 54.1 Å². The number of nitrogens with two attached hydrogens (primary N) is 1. The molecule has 1 saturated heterocycles. The molecule has 0 bridgehead atoms. The van der Waals surface area contributed by atoms with E-state index in [1.54, 1.807) is 12.2 Å². The Morgan fingerprint density at radius 2 is 1.93 bits per heavy atom. The van der Waals surface area contributed by atoms with Gasteiger partial charge in [0, 0.05) is 24.2 Å². The average molecular weight is 366 g/mol. The molecule has 2 unspecified atom stereocenters. The van der Waals surface area contributed by atoms with Crippen molar-refractivity contribution in [1.82, 2.24) is 15.5 Å². The second-order valence-electron chi connectivity index (χ2n) is 7.59. The zero-order valence-electron chi connectivity index (χ0n) is 15.3. The molecule has 0 radical (unpaired) electrons. The summed E-state index contributed by atoms with van der Waals surface area (Å²) in [6.45, 7) is 0.883. The van der Waals surface area contributed by atoms with Crippen LogP contribution in [0.2, 0.25) is 0 Å². The van der Waals surface area contributed by atoms with E-state index in [-0.39, 0.29) is 24.2 Å². The van der Waals surface area contributed by atoms with E-state index in [9.17, 15) is 9.59 Å². The lowest BCUT2D eigenvalue weighted by Crippen LogP contribution is -2.47. The third kappa shape index (κ3) is 3.76. The third-order valence-electron chi connectivity index (χ3n) is 5.86. The number of primary amides is 1. The summed E-state index contributed by atoms with van der Waals surface area (Å²) in [4.78, 5) is 25.9. The first kappa shape index (κ1) is 17.8. The van der Waals surface area contributed by atoms with Gasteiger partial charge in [-0.3, -0.25) is 4.79 Å². The van der Waals surface area contributed by atoms with Gasteiger partial charge in [0.05, 0.1) is 12.1 Å². The monoisotopic (exact) mass is 366 g/mol. The van der Waals surface area contributed by atoms with Crippen LogP contribution >= 0.6 is 0 Å². The number of nitrogens with zero attached hydrogens (tertiary/aromatic N) is 1. The number of benzene rings is 1. The number of amides is 3. The number of rotatable bonds is 5. The van der Waals surface area contributed by atoms with Gasteiger partial charge in [-0.1, -0.05) is 42.5 Å². The van der Waals surface area contributed by atoms with Gasteiger partial charge in [-0.05, 0) is 37.3 Å². The van der Waals surface area contributed by atoms with Crippen LogP contribution in [0.1, 0.15) is 31.2 Å². The van der Waals surface area contributed by atoms with Crippen LogP contribution in [0.4, 0.5) is 4.79 Å². The van der Waals surface area contributed by atoms with Crippen LogP contribution in [0, 0.1) is 0 Å². The summed E-state index contributed by atoms with van der Waals surface area (Å²) in [7, 11) is 0. The Balaban J connectivity index is 1.33. The second-order valence-corrected chi connectivity index (χ2v) is 7.59. The minimum absolute atomic E-state index is 0.0283. The largest absolute Gasteiger partial charge is 0.366 e. The molecule has 1 saturated carbocycles. The Labute approximate surface area is 159 Å². The molecule has 1 heterocycles. The highest BCUT2D eigenvalue weighted by Gasteiger charge is 2.42. The van der Waals surface area contributed by atoms with Gasteiger partial charge in [0.25, 0.3) is 0 Å². The Kier molecular flexibility index (Phi) is 4.99. The van der Waals surface area contributed by atoms with Crippen molar-refractivity contribution in [3.8, 4) is 0 Å². The number of hydrogen-bond acceptors (Lipinski definition) is 3. The second kappa shape index (κ2) is 7.56. The van der Waals surface area contributed by atoms with E-state index in [2.05, 4.69) is 34.9 Å². The molecule has 142 valence electrons. The molecule has 2 fully saturated rings. The molecule has 4 rings (SSSR count). The van der Waals surface area contributed by atoms with Crippen LogP contribution in [0.5, 0.6) is 0 Å².